The third kappa shape index (κ3) is 12.9. The van der Waals surface area contributed by atoms with Gasteiger partial charge in [0.25, 0.3) is 0 Å². The van der Waals surface area contributed by atoms with Gasteiger partial charge in [0, 0.05) is 113 Å². The molecule has 14 heterocycles. The molecule has 7 aliphatic carbocycles. The molecule has 534 valence electrons. The number of H-pyrrole nitrogens is 4. The number of likely N-dealkylation sites (tertiary alicyclic amines) is 1. The highest BCUT2D eigenvalue weighted by Gasteiger charge is 2.55. The summed E-state index contributed by atoms with van der Waals surface area (Å²) >= 11 is 0. The Morgan fingerprint density at radius 3 is 1.54 bits per heavy atom. The van der Waals surface area contributed by atoms with E-state index in [0.29, 0.717) is 108 Å². The fraction of sp³-hybridized carbons (Fsp3) is 0.494. The number of alkyl halides is 1. The molecular weight excluding hydrogens is 1310 g/mol. The number of nitrogens with zero attached hydrogens (tertiary/aromatic N) is 6. The third-order valence-electron chi connectivity index (χ3n) is 25.0. The van der Waals surface area contributed by atoms with Gasteiger partial charge in [0.05, 0.1) is 37.0 Å². The minimum absolute atomic E-state index is 0.0736. The quantitative estimate of drug-likeness (QED) is 0.0544. The Balaban J connectivity index is 0.000000102. The van der Waals surface area contributed by atoms with Crippen LogP contribution in [0.1, 0.15) is 159 Å². The van der Waals surface area contributed by atoms with Gasteiger partial charge in [-0.1, -0.05) is 26.0 Å². The van der Waals surface area contributed by atoms with E-state index >= 15 is 0 Å². The first kappa shape index (κ1) is 67.6. The van der Waals surface area contributed by atoms with Gasteiger partial charge in [-0.05, 0) is 227 Å². The SMILES string of the molecule is CC1(F)CC(C(=O)CC2CC(C3=CB(O)Oc4cnc5[nH]ccc5c43)C2)C1.CC12CC3CC(C1)C(C1=CN(O)Oc4cnc5[nH]ccc5c41)C(C3)C2.CCC(=O)N1CC[C@@H](C)[C@@H](C2=CB(O)Oc3cnc4[nH]ccc4c32)C1.O=C(CC1CC(C2=CB(O)Oc3cnc4[nH]ccc4c32)C1)C1CCCN1. The van der Waals surface area contributed by atoms with E-state index in [1.165, 1.54) is 37.7 Å². The number of carbonyl (C=O) groups is 3. The standard InChI is InChI=1S/C20H22BFN2O3.C20H23N3O2.C19H22BN3O3.C18H22BN3O3/c1-20(22)7-13(8-20)16(25)6-11-4-12(5-11)15-9-21(26)27-17-10-24-19-14(18(15)17)2-3-23-19;1-20-6-11-4-12(7-20)17(13(5-11)8-20)15-10-23(24)25-16-9-22-19-14(18(15)16)2-3-21-19;24-16(15-2-1-4-21-15)8-11-6-12(7-11)14-9-20(25)26-17-10-23-19-13(18(14)17)3-5-22-19;1-3-16(23)22-7-5-11(2)14(10-22)13-8-19(24)25-15-9-21-18-12(17(13)15)4-6-20-18/h2-3,9-13,26H,4-8H2,1H3,(H,23,24);2-3,9-13,17,24H,4-8H2,1H3,(H,21,22);3,5,9-12,15,21,25H,1-2,4,6-8H2,(H,22,23);4,6,8-9,11,14,24H,3,5,7,10H2,1-2H3,(H,20,21)/t;;;11-,14+/m...1/s1. The number of nitrogens with one attached hydrogen (secondary N) is 5. The number of aromatic amines is 4. The van der Waals surface area contributed by atoms with Crippen LogP contribution in [0.3, 0.4) is 0 Å². The van der Waals surface area contributed by atoms with Gasteiger partial charge in [0.1, 0.15) is 57.1 Å². The zero-order valence-electron chi connectivity index (χ0n) is 58.7. The van der Waals surface area contributed by atoms with Crippen LogP contribution in [0.2, 0.25) is 0 Å². The maximum absolute atomic E-state index is 13.6. The lowest BCUT2D eigenvalue weighted by Crippen LogP contribution is -2.50. The first-order valence-corrected chi connectivity index (χ1v) is 37.4. The van der Waals surface area contributed by atoms with Gasteiger partial charge in [0.15, 0.2) is 5.75 Å². The summed E-state index contributed by atoms with van der Waals surface area (Å²) in [6.07, 6.45) is 32.1. The molecule has 9 fully saturated rings. The highest BCUT2D eigenvalue weighted by molar-refractivity contribution is 6.53. The van der Waals surface area contributed by atoms with E-state index in [9.17, 15) is 39.1 Å². The maximum Gasteiger partial charge on any atom is 0.552 e. The first-order valence-electron chi connectivity index (χ1n) is 37.4. The Morgan fingerprint density at radius 2 is 1.08 bits per heavy atom. The average molecular weight is 1400 g/mol. The molecule has 0 spiro atoms. The monoisotopic (exact) mass is 1400 g/mol. The maximum atomic E-state index is 13.6. The molecule has 7 saturated carbocycles. The molecule has 8 aromatic heterocycles. The molecule has 13 aliphatic rings. The number of hydrogen-bond donors (Lipinski definition) is 9. The van der Waals surface area contributed by atoms with Gasteiger partial charge in [-0.2, -0.15) is 0 Å². The molecule has 4 bridgehead atoms. The second-order valence-electron chi connectivity index (χ2n) is 32.3. The van der Waals surface area contributed by atoms with Crippen LogP contribution in [0, 0.1) is 70.5 Å². The van der Waals surface area contributed by atoms with Crippen LogP contribution in [0.5, 0.6) is 23.0 Å². The Bertz CT molecular complexity index is 4730. The summed E-state index contributed by atoms with van der Waals surface area (Å²) < 4.78 is 30.3. The lowest BCUT2D eigenvalue weighted by molar-refractivity contribution is -0.244. The molecule has 0 aromatic carbocycles. The number of carbonyl (C=O) groups excluding carboxylic acids is 3. The van der Waals surface area contributed by atoms with Crippen LogP contribution in [-0.4, -0.2) is 140 Å². The highest BCUT2D eigenvalue weighted by Crippen LogP contribution is 2.65. The predicted molar refractivity (Wildman–Crippen MR) is 391 cm³/mol. The number of Topliss-reactive ketones (excluding diaryl/α,β-unsaturated/α-hetero) is 2. The summed E-state index contributed by atoms with van der Waals surface area (Å²) in [6, 6.07) is 8.10. The molecule has 9 N–H and O–H groups in total. The molecule has 26 heteroatoms. The number of piperidine rings is 1. The van der Waals surface area contributed by atoms with Gasteiger partial charge < -0.3 is 64.0 Å². The molecule has 1 amide bonds. The molecular formula is C77H89B3FN11O11. The summed E-state index contributed by atoms with van der Waals surface area (Å²) in [5, 5.41) is 48.7. The van der Waals surface area contributed by atoms with Crippen molar-refractivity contribution in [3.05, 3.63) is 120 Å². The Morgan fingerprint density at radius 1 is 0.612 bits per heavy atom. The van der Waals surface area contributed by atoms with Gasteiger partial charge in [-0.3, -0.25) is 19.6 Å². The van der Waals surface area contributed by atoms with Crippen molar-refractivity contribution in [2.24, 2.45) is 70.5 Å². The van der Waals surface area contributed by atoms with Crippen LogP contribution >= 0.6 is 0 Å². The average Bonchev–Trinajstić information content (AvgIpc) is 1.64. The Labute approximate surface area is 597 Å². The lowest BCUT2D eigenvalue weighted by atomic mass is 9.45. The van der Waals surface area contributed by atoms with Crippen molar-refractivity contribution >= 4 is 105 Å². The zero-order chi connectivity index (χ0) is 70.7. The number of amides is 1. The summed E-state index contributed by atoms with van der Waals surface area (Å²) in [5.74, 6) is 13.5. The van der Waals surface area contributed by atoms with Crippen LogP contribution in [0.25, 0.3) is 66.4 Å². The Kier molecular flexibility index (Phi) is 17.6. The lowest BCUT2D eigenvalue weighted by Gasteiger charge is -2.60. The van der Waals surface area contributed by atoms with E-state index in [1.807, 2.05) is 67.0 Å². The van der Waals surface area contributed by atoms with Crippen LogP contribution < -0.4 is 24.1 Å². The summed E-state index contributed by atoms with van der Waals surface area (Å²) in [4.78, 5) is 74.4. The van der Waals surface area contributed by atoms with Crippen molar-refractivity contribution < 1.29 is 57.9 Å². The normalized spacial score (nSPS) is 30.4. The number of fused-ring (bicyclic) bond motifs is 12. The zero-order valence-corrected chi connectivity index (χ0v) is 58.7. The molecule has 21 rings (SSSR count). The van der Waals surface area contributed by atoms with Crippen LogP contribution in [-0.2, 0) is 14.4 Å². The number of hydroxylamine groups is 2. The molecule has 3 unspecified atom stereocenters. The second-order valence-corrected chi connectivity index (χ2v) is 32.3. The minimum Gasteiger partial charge on any atom is -0.531 e. The van der Waals surface area contributed by atoms with E-state index in [4.69, 9.17) is 18.8 Å². The number of allylic oxidation sites excluding steroid dienone is 3. The summed E-state index contributed by atoms with van der Waals surface area (Å²) in [6.45, 7) is 10.6. The van der Waals surface area contributed by atoms with Gasteiger partial charge in [0.2, 0.25) is 5.91 Å². The minimum atomic E-state index is -1.15. The predicted octanol–water partition coefficient (Wildman–Crippen LogP) is 12.2. The molecule has 6 aliphatic heterocycles. The van der Waals surface area contributed by atoms with Gasteiger partial charge in [-0.15, -0.1) is 0 Å². The largest absolute Gasteiger partial charge is 0.552 e. The van der Waals surface area contributed by atoms with E-state index in [0.717, 1.165) is 164 Å². The topological polar surface area (TPSA) is 302 Å². The fourth-order valence-electron chi connectivity index (χ4n) is 20.5. The van der Waals surface area contributed by atoms with E-state index in [-0.39, 0.29) is 29.6 Å². The van der Waals surface area contributed by atoms with E-state index in [2.05, 4.69) is 65.1 Å². The number of hydrogen-bond acceptors (Lipinski definition) is 17. The second kappa shape index (κ2) is 26.9. The fourth-order valence-corrected chi connectivity index (χ4v) is 20.5. The molecule has 22 nitrogen and oxygen atoms in total. The van der Waals surface area contributed by atoms with Crippen molar-refractivity contribution in [2.75, 3.05) is 19.6 Å². The number of ketones is 2. The smallest absolute Gasteiger partial charge is 0.531 e. The molecule has 8 aromatic rings. The molecule has 2 saturated heterocycles. The number of aromatic nitrogens is 8. The van der Waals surface area contributed by atoms with Gasteiger partial charge in [-0.25, -0.2) is 24.3 Å². The summed E-state index contributed by atoms with van der Waals surface area (Å²) in [5.41, 5.74) is 11.4. The van der Waals surface area contributed by atoms with Crippen molar-refractivity contribution in [1.29, 1.82) is 0 Å². The van der Waals surface area contributed by atoms with Crippen LogP contribution in [0.15, 0.2) is 98.0 Å². The number of pyridine rings is 4. The summed E-state index contributed by atoms with van der Waals surface area (Å²) in [7, 11) is -2.88. The van der Waals surface area contributed by atoms with E-state index < -0.39 is 27.0 Å². The highest BCUT2D eigenvalue weighted by atomic mass is 19.1. The molecule has 103 heavy (non-hydrogen) atoms. The van der Waals surface area contributed by atoms with Crippen molar-refractivity contribution in [3.63, 3.8) is 0 Å². The Hall–Kier alpha value is -8.55. The number of halogens is 1. The number of rotatable bonds is 11. The van der Waals surface area contributed by atoms with Crippen molar-refractivity contribution in [3.8, 4) is 23.0 Å². The molecule has 5 atom stereocenters. The van der Waals surface area contributed by atoms with Gasteiger partial charge >= 0.3 is 21.4 Å². The van der Waals surface area contributed by atoms with Crippen LogP contribution in [0.4, 0.5) is 4.39 Å². The van der Waals surface area contributed by atoms with E-state index in [1.54, 1.807) is 43.7 Å². The molecule has 0 radical (unpaired) electrons. The third-order valence-corrected chi connectivity index (χ3v) is 25.0. The van der Waals surface area contributed by atoms with Crippen molar-refractivity contribution in [2.45, 2.75) is 149 Å². The van der Waals surface area contributed by atoms with Crippen molar-refractivity contribution in [1.82, 2.24) is 55.3 Å². The first-order chi connectivity index (χ1) is 49.8.